The Morgan fingerprint density at radius 3 is 2.27 bits per heavy atom. The van der Waals surface area contributed by atoms with Gasteiger partial charge in [0.2, 0.25) is 5.78 Å². The number of aromatic hydroxyl groups is 1. The zero-order valence-electron chi connectivity index (χ0n) is 25.3. The summed E-state index contributed by atoms with van der Waals surface area (Å²) in [5.41, 5.74) is 3.01. The van der Waals surface area contributed by atoms with Gasteiger partial charge in [-0.2, -0.15) is 0 Å². The molecule has 3 saturated carbocycles. The average molecular weight is 628 g/mol. The van der Waals surface area contributed by atoms with Crippen LogP contribution in [0.4, 0.5) is 0 Å². The topological polar surface area (TPSA) is 165 Å². The number of Topliss-reactive ketones (excluding diaryl/α,β-unsaturated/α-hetero) is 2. The monoisotopic (exact) mass is 627 g/mol. The van der Waals surface area contributed by atoms with E-state index in [-0.39, 0.29) is 29.7 Å². The van der Waals surface area contributed by atoms with Crippen LogP contribution in [0.2, 0.25) is 5.02 Å². The Morgan fingerprint density at radius 1 is 1.05 bits per heavy atom. The lowest BCUT2D eigenvalue weighted by Gasteiger charge is -2.50. The van der Waals surface area contributed by atoms with Gasteiger partial charge >= 0.3 is 0 Å². The fraction of sp³-hybridized carbons (Fsp3) is 0.606. The van der Waals surface area contributed by atoms with Gasteiger partial charge in [0.25, 0.3) is 5.91 Å². The first-order valence-corrected chi connectivity index (χ1v) is 16.1. The molecule has 0 aliphatic heterocycles. The van der Waals surface area contributed by atoms with Crippen molar-refractivity contribution < 1.29 is 34.8 Å². The molecule has 6 N–H and O–H groups in total. The first-order chi connectivity index (χ1) is 20.8. The van der Waals surface area contributed by atoms with E-state index < -0.39 is 58.0 Å². The summed E-state index contributed by atoms with van der Waals surface area (Å²) in [7, 11) is 3.16. The van der Waals surface area contributed by atoms with E-state index in [0.29, 0.717) is 29.0 Å². The minimum Gasteiger partial charge on any atom is -0.508 e. The van der Waals surface area contributed by atoms with Crippen molar-refractivity contribution in [2.24, 2.45) is 29.4 Å². The van der Waals surface area contributed by atoms with Gasteiger partial charge in [0, 0.05) is 36.1 Å². The van der Waals surface area contributed by atoms with Gasteiger partial charge in [-0.15, -0.1) is 0 Å². The zero-order chi connectivity index (χ0) is 31.7. The van der Waals surface area contributed by atoms with Crippen LogP contribution in [0.1, 0.15) is 68.1 Å². The number of hydrogen-bond acceptors (Lipinski definition) is 9. The maximum Gasteiger partial charge on any atom is 0.255 e. The van der Waals surface area contributed by atoms with Gasteiger partial charge < -0.3 is 26.2 Å². The van der Waals surface area contributed by atoms with E-state index >= 15 is 0 Å². The van der Waals surface area contributed by atoms with E-state index in [1.165, 1.54) is 49.8 Å². The van der Waals surface area contributed by atoms with Crippen molar-refractivity contribution in [3.63, 3.8) is 0 Å². The van der Waals surface area contributed by atoms with Gasteiger partial charge in [-0.05, 0) is 87.6 Å². The van der Waals surface area contributed by atoms with Crippen molar-refractivity contribution in [1.29, 1.82) is 0 Å². The number of carbonyl (C=O) groups excluding carboxylic acids is 3. The largest absolute Gasteiger partial charge is 0.508 e. The molecule has 5 aliphatic rings. The van der Waals surface area contributed by atoms with Crippen molar-refractivity contribution >= 4 is 34.8 Å². The number of halogens is 1. The Bertz CT molecular complexity index is 1480. The fourth-order valence-corrected chi connectivity index (χ4v) is 8.59. The molecule has 11 heteroatoms. The summed E-state index contributed by atoms with van der Waals surface area (Å²) in [6, 6.07) is 0.423. The Kier molecular flexibility index (Phi) is 8.10. The third-order valence-electron chi connectivity index (χ3n) is 10.6. The van der Waals surface area contributed by atoms with Crippen LogP contribution >= 0.6 is 11.6 Å². The molecule has 1 aromatic carbocycles. The predicted molar refractivity (Wildman–Crippen MR) is 164 cm³/mol. The number of aliphatic hydroxyl groups is 3. The van der Waals surface area contributed by atoms with Crippen LogP contribution in [0.25, 0.3) is 5.76 Å². The number of benzene rings is 1. The molecule has 1 aromatic rings. The van der Waals surface area contributed by atoms with Gasteiger partial charge in [0.1, 0.15) is 22.8 Å². The van der Waals surface area contributed by atoms with E-state index in [1.807, 2.05) is 0 Å². The quantitative estimate of drug-likeness (QED) is 0.272. The molecular formula is C33H42ClN3O7. The molecule has 0 radical (unpaired) electrons. The number of fused-ring (bicyclic) bond motifs is 3. The van der Waals surface area contributed by atoms with Crippen LogP contribution in [0.15, 0.2) is 23.0 Å². The van der Waals surface area contributed by atoms with Gasteiger partial charge in [0.15, 0.2) is 11.4 Å². The van der Waals surface area contributed by atoms with Crippen LogP contribution in [0.5, 0.6) is 5.75 Å². The molecule has 3 fully saturated rings. The van der Waals surface area contributed by atoms with Gasteiger partial charge in [-0.25, -0.2) is 0 Å². The molecule has 5 aliphatic carbocycles. The predicted octanol–water partition coefficient (Wildman–Crippen LogP) is 3.41. The summed E-state index contributed by atoms with van der Waals surface area (Å²) < 4.78 is 0. The average Bonchev–Trinajstić information content (AvgIpc) is 3.77. The number of primary amides is 1. The number of amides is 1. The molecule has 6 rings (SSSR count). The molecule has 10 nitrogen and oxygen atoms in total. The highest BCUT2D eigenvalue weighted by Gasteiger charge is 2.64. The molecule has 44 heavy (non-hydrogen) atoms. The maximum atomic E-state index is 14.0. The highest BCUT2D eigenvalue weighted by molar-refractivity contribution is 6.32. The highest BCUT2D eigenvalue weighted by atomic mass is 35.5. The molecule has 0 spiro atoms. The third kappa shape index (κ3) is 5.04. The summed E-state index contributed by atoms with van der Waals surface area (Å²) in [4.78, 5) is 43.4. The molecule has 0 saturated heterocycles. The molecule has 0 bridgehead atoms. The van der Waals surface area contributed by atoms with Crippen LogP contribution in [-0.2, 0) is 27.3 Å². The lowest BCUT2D eigenvalue weighted by Crippen LogP contribution is -2.65. The van der Waals surface area contributed by atoms with E-state index in [4.69, 9.17) is 17.3 Å². The number of phenolic OH excluding ortho intramolecular Hbond substituents is 1. The van der Waals surface area contributed by atoms with E-state index in [0.717, 1.165) is 18.7 Å². The second kappa shape index (κ2) is 11.5. The van der Waals surface area contributed by atoms with E-state index in [2.05, 4.69) is 4.90 Å². The molecular weight excluding hydrogens is 586 g/mol. The molecule has 0 heterocycles. The number of ketones is 2. The summed E-state index contributed by atoms with van der Waals surface area (Å²) >= 11 is 7.05. The van der Waals surface area contributed by atoms with Crippen LogP contribution < -0.4 is 5.73 Å². The van der Waals surface area contributed by atoms with Crippen molar-refractivity contribution in [3.8, 4) is 5.75 Å². The lowest BCUT2D eigenvalue weighted by atomic mass is 9.57. The van der Waals surface area contributed by atoms with Crippen molar-refractivity contribution in [3.05, 3.63) is 44.7 Å². The van der Waals surface area contributed by atoms with Crippen LogP contribution in [-0.4, -0.2) is 86.5 Å². The third-order valence-corrected chi connectivity index (χ3v) is 11.0. The molecule has 0 aromatic heterocycles. The smallest absolute Gasteiger partial charge is 0.255 e. The number of phenols is 1. The summed E-state index contributed by atoms with van der Waals surface area (Å²) in [5.74, 6) is -5.38. The van der Waals surface area contributed by atoms with E-state index in [1.54, 1.807) is 20.2 Å². The minimum absolute atomic E-state index is 0.0241. The molecule has 4 atom stereocenters. The summed E-state index contributed by atoms with van der Waals surface area (Å²) in [6.07, 6.45) is 8.88. The molecule has 1 amide bonds. The lowest BCUT2D eigenvalue weighted by molar-refractivity contribution is -0.153. The van der Waals surface area contributed by atoms with Crippen LogP contribution in [0.3, 0.4) is 0 Å². The number of likely N-dealkylation sites (N-methyl/N-ethyl adjacent to an activating group) is 1. The maximum absolute atomic E-state index is 14.0. The first kappa shape index (κ1) is 31.1. The highest BCUT2D eigenvalue weighted by Crippen LogP contribution is 2.53. The van der Waals surface area contributed by atoms with Gasteiger partial charge in [-0.1, -0.05) is 30.9 Å². The summed E-state index contributed by atoms with van der Waals surface area (Å²) in [5, 5.41) is 45.9. The van der Waals surface area contributed by atoms with Crippen molar-refractivity contribution in [2.75, 3.05) is 27.2 Å². The second-order valence-electron chi connectivity index (χ2n) is 13.8. The Balaban J connectivity index is 1.38. The standard InChI is InChI=1S/C33H42ClN3O7/c1-36(2)27-21-11-18-10-20-24(28(39)23(18)30(41)33(21,44)31(42)25(29(27)40)32(35)43)22(38)12-19(26(20)34)15-37(14-17-8-9-17)13-16-6-4-3-5-7-16/h12,16-18,21,27,38-39,42,44H,3-11,13-15H2,1-2H3,(H2,35,43)/t18-,21-,27-,33-/m0/s1. The summed E-state index contributed by atoms with van der Waals surface area (Å²) in [6.45, 7) is 2.50. The Hall–Kier alpha value is -2.92. The SMILES string of the molecule is CN(C)[C@@H]1C(=O)C(C(N)=O)=C(O)[C@@]2(O)C(=O)C3=C(O)c4c(O)cc(CN(CC5CCCCC5)CC5CC5)c(Cl)c4C[C@H]3C[C@@H]12. The Labute approximate surface area is 262 Å². The first-order valence-electron chi connectivity index (χ1n) is 15.7. The number of nitrogens with zero attached hydrogens (tertiary/aromatic N) is 2. The number of hydrogen-bond donors (Lipinski definition) is 5. The van der Waals surface area contributed by atoms with Gasteiger partial charge in [0.05, 0.1) is 11.6 Å². The number of carbonyl (C=O) groups is 3. The second-order valence-corrected chi connectivity index (χ2v) is 14.2. The molecule has 238 valence electrons. The number of nitrogens with two attached hydrogens (primary N) is 1. The number of aliphatic hydroxyl groups excluding tert-OH is 2. The van der Waals surface area contributed by atoms with Crippen LogP contribution in [0, 0.1) is 23.7 Å². The fourth-order valence-electron chi connectivity index (χ4n) is 8.31. The Morgan fingerprint density at radius 2 is 1.68 bits per heavy atom. The zero-order valence-corrected chi connectivity index (χ0v) is 26.1. The normalized spacial score (nSPS) is 29.3. The van der Waals surface area contributed by atoms with E-state index in [9.17, 15) is 34.8 Å². The number of rotatable bonds is 8. The molecule has 0 unspecified atom stereocenters. The van der Waals surface area contributed by atoms with Gasteiger partial charge in [-0.3, -0.25) is 24.2 Å². The van der Waals surface area contributed by atoms with Crippen molar-refractivity contribution in [2.45, 2.75) is 76.0 Å². The minimum atomic E-state index is -2.66. The van der Waals surface area contributed by atoms with Crippen molar-refractivity contribution in [1.82, 2.24) is 9.80 Å².